The lowest BCUT2D eigenvalue weighted by atomic mass is 10.1. The number of benzene rings is 2. The van der Waals surface area contributed by atoms with Gasteiger partial charge in [0.05, 0.1) is 0 Å². The van der Waals surface area contributed by atoms with Gasteiger partial charge >= 0.3 is 0 Å². The standard InChI is InChI=1S/C19H23N3O2.2ClH/c1-22(2)10-11-24-17-5-3-4-16(13-17)21-19(23)15-6-7-18-14(12-15)8-9-20-18;;/h3-7,12-13,20H,8-11H2,1-2H3,(H,21,23);2*1H. The van der Waals surface area contributed by atoms with Crippen molar-refractivity contribution < 1.29 is 9.53 Å². The molecule has 2 aromatic rings. The SMILES string of the molecule is CN(C)CCOc1cccc(NC(=O)c2ccc3c(c2)CCN3)c1.Cl.Cl. The first-order valence-corrected chi connectivity index (χ1v) is 8.17. The molecular weight excluding hydrogens is 373 g/mol. The number of fused-ring (bicyclic) bond motifs is 1. The Bertz CT molecular complexity index is 738. The maximum Gasteiger partial charge on any atom is 0.255 e. The fraction of sp³-hybridized carbons (Fsp3) is 0.316. The molecule has 2 aromatic carbocycles. The number of nitrogens with zero attached hydrogens (tertiary/aromatic N) is 1. The summed E-state index contributed by atoms with van der Waals surface area (Å²) in [6.07, 6.45) is 0.964. The van der Waals surface area contributed by atoms with Crippen molar-refractivity contribution in [3.8, 4) is 5.75 Å². The van der Waals surface area contributed by atoms with Crippen LogP contribution in [0.25, 0.3) is 0 Å². The number of likely N-dealkylation sites (N-methyl/N-ethyl adjacent to an activating group) is 1. The average Bonchev–Trinajstić information content (AvgIpc) is 3.02. The first-order chi connectivity index (χ1) is 11.6. The summed E-state index contributed by atoms with van der Waals surface area (Å²) in [6, 6.07) is 13.3. The molecule has 3 rings (SSSR count). The van der Waals surface area contributed by atoms with Crippen LogP contribution < -0.4 is 15.4 Å². The van der Waals surface area contributed by atoms with Crippen LogP contribution in [-0.4, -0.2) is 44.6 Å². The van der Waals surface area contributed by atoms with E-state index in [4.69, 9.17) is 4.74 Å². The summed E-state index contributed by atoms with van der Waals surface area (Å²) in [7, 11) is 4.01. The molecule has 1 heterocycles. The second kappa shape index (κ2) is 10.3. The monoisotopic (exact) mass is 397 g/mol. The topological polar surface area (TPSA) is 53.6 Å². The maximum atomic E-state index is 12.4. The van der Waals surface area contributed by atoms with Crippen molar-refractivity contribution in [1.29, 1.82) is 0 Å². The Morgan fingerprint density at radius 2 is 2.00 bits per heavy atom. The van der Waals surface area contributed by atoms with Gasteiger partial charge in [-0.1, -0.05) is 6.07 Å². The molecule has 7 heteroatoms. The van der Waals surface area contributed by atoms with Crippen molar-refractivity contribution in [2.75, 3.05) is 44.4 Å². The van der Waals surface area contributed by atoms with Gasteiger partial charge in [-0.2, -0.15) is 0 Å². The van der Waals surface area contributed by atoms with E-state index in [1.165, 1.54) is 5.56 Å². The van der Waals surface area contributed by atoms with E-state index < -0.39 is 0 Å². The lowest BCUT2D eigenvalue weighted by Gasteiger charge is -2.12. The molecule has 0 aromatic heterocycles. The number of carbonyl (C=O) groups is 1. The molecule has 142 valence electrons. The Hall–Kier alpha value is -1.95. The van der Waals surface area contributed by atoms with Crippen LogP contribution in [0, 0.1) is 0 Å². The third-order valence-corrected chi connectivity index (χ3v) is 3.98. The third-order valence-electron chi connectivity index (χ3n) is 3.98. The molecule has 1 amide bonds. The van der Waals surface area contributed by atoms with Crippen LogP contribution in [-0.2, 0) is 6.42 Å². The molecule has 2 N–H and O–H groups in total. The summed E-state index contributed by atoms with van der Waals surface area (Å²) < 4.78 is 5.70. The molecule has 0 saturated heterocycles. The Kier molecular flexibility index (Phi) is 8.72. The predicted molar refractivity (Wildman–Crippen MR) is 112 cm³/mol. The molecule has 0 spiro atoms. The smallest absolute Gasteiger partial charge is 0.255 e. The highest BCUT2D eigenvalue weighted by atomic mass is 35.5. The Balaban J connectivity index is 0.00000169. The Morgan fingerprint density at radius 1 is 1.19 bits per heavy atom. The molecule has 0 fully saturated rings. The van der Waals surface area contributed by atoms with Crippen molar-refractivity contribution in [2.45, 2.75) is 6.42 Å². The highest BCUT2D eigenvalue weighted by Gasteiger charge is 2.13. The van der Waals surface area contributed by atoms with Gasteiger partial charge in [-0.15, -0.1) is 24.8 Å². The third kappa shape index (κ3) is 5.80. The highest BCUT2D eigenvalue weighted by molar-refractivity contribution is 6.04. The van der Waals surface area contributed by atoms with Gasteiger partial charge in [-0.05, 0) is 56.4 Å². The number of rotatable bonds is 6. The van der Waals surface area contributed by atoms with Gasteiger partial charge in [0, 0.05) is 36.1 Å². The molecule has 5 nitrogen and oxygen atoms in total. The Morgan fingerprint density at radius 3 is 2.77 bits per heavy atom. The van der Waals surface area contributed by atoms with Gasteiger partial charge < -0.3 is 20.3 Å². The van der Waals surface area contributed by atoms with Crippen LogP contribution in [0.2, 0.25) is 0 Å². The normalized spacial score (nSPS) is 11.7. The fourth-order valence-electron chi connectivity index (χ4n) is 2.66. The first kappa shape index (κ1) is 22.1. The zero-order valence-corrected chi connectivity index (χ0v) is 16.6. The molecule has 0 unspecified atom stereocenters. The van der Waals surface area contributed by atoms with E-state index in [0.29, 0.717) is 12.2 Å². The zero-order chi connectivity index (χ0) is 16.9. The number of anilines is 2. The van der Waals surface area contributed by atoms with E-state index in [0.717, 1.165) is 36.6 Å². The van der Waals surface area contributed by atoms with Crippen LogP contribution >= 0.6 is 24.8 Å². The number of nitrogens with one attached hydrogen (secondary N) is 2. The van der Waals surface area contributed by atoms with Gasteiger partial charge in [-0.3, -0.25) is 4.79 Å². The second-order valence-electron chi connectivity index (χ2n) is 6.18. The van der Waals surface area contributed by atoms with Crippen LogP contribution in [0.15, 0.2) is 42.5 Å². The number of amides is 1. The van der Waals surface area contributed by atoms with E-state index in [1.807, 2.05) is 56.6 Å². The minimum atomic E-state index is -0.102. The van der Waals surface area contributed by atoms with Gasteiger partial charge in [0.2, 0.25) is 0 Å². The predicted octanol–water partition coefficient (Wildman–Crippen LogP) is 3.69. The molecule has 0 aliphatic carbocycles. The lowest BCUT2D eigenvalue weighted by Crippen LogP contribution is -2.19. The molecule has 1 aliphatic rings. The van der Waals surface area contributed by atoms with Gasteiger partial charge in [0.1, 0.15) is 12.4 Å². The van der Waals surface area contributed by atoms with Crippen molar-refractivity contribution in [3.05, 3.63) is 53.6 Å². The number of hydrogen-bond acceptors (Lipinski definition) is 4. The minimum Gasteiger partial charge on any atom is -0.492 e. The molecule has 0 radical (unpaired) electrons. The van der Waals surface area contributed by atoms with Crippen molar-refractivity contribution >= 4 is 42.1 Å². The van der Waals surface area contributed by atoms with Crippen molar-refractivity contribution in [1.82, 2.24) is 4.90 Å². The summed E-state index contributed by atoms with van der Waals surface area (Å²) in [6.45, 7) is 2.40. The fourth-order valence-corrected chi connectivity index (χ4v) is 2.66. The molecular formula is C19H25Cl2N3O2. The van der Waals surface area contributed by atoms with Gasteiger partial charge in [-0.25, -0.2) is 0 Å². The van der Waals surface area contributed by atoms with Crippen molar-refractivity contribution in [2.24, 2.45) is 0 Å². The molecule has 0 atom stereocenters. The van der Waals surface area contributed by atoms with Crippen LogP contribution in [0.5, 0.6) is 5.75 Å². The molecule has 0 saturated carbocycles. The summed E-state index contributed by atoms with van der Waals surface area (Å²) >= 11 is 0. The molecule has 1 aliphatic heterocycles. The number of halogens is 2. The average molecular weight is 398 g/mol. The van der Waals surface area contributed by atoms with Crippen LogP contribution in [0.3, 0.4) is 0 Å². The number of ether oxygens (including phenoxy) is 1. The second-order valence-corrected chi connectivity index (χ2v) is 6.18. The number of carbonyl (C=O) groups excluding carboxylic acids is 1. The van der Waals surface area contributed by atoms with E-state index >= 15 is 0 Å². The van der Waals surface area contributed by atoms with E-state index in [2.05, 4.69) is 15.5 Å². The largest absolute Gasteiger partial charge is 0.492 e. The Labute approximate surface area is 166 Å². The van der Waals surface area contributed by atoms with Crippen LogP contribution in [0.1, 0.15) is 15.9 Å². The van der Waals surface area contributed by atoms with Crippen molar-refractivity contribution in [3.63, 3.8) is 0 Å². The first-order valence-electron chi connectivity index (χ1n) is 8.17. The van der Waals surface area contributed by atoms with Gasteiger partial charge in [0.15, 0.2) is 0 Å². The summed E-state index contributed by atoms with van der Waals surface area (Å²) in [5, 5.41) is 6.24. The summed E-state index contributed by atoms with van der Waals surface area (Å²) in [4.78, 5) is 14.5. The maximum absolute atomic E-state index is 12.4. The lowest BCUT2D eigenvalue weighted by molar-refractivity contribution is 0.102. The van der Waals surface area contributed by atoms with E-state index in [-0.39, 0.29) is 30.7 Å². The van der Waals surface area contributed by atoms with E-state index in [1.54, 1.807) is 0 Å². The minimum absolute atomic E-state index is 0. The highest BCUT2D eigenvalue weighted by Crippen LogP contribution is 2.24. The van der Waals surface area contributed by atoms with Gasteiger partial charge in [0.25, 0.3) is 5.91 Å². The summed E-state index contributed by atoms with van der Waals surface area (Å²) in [5.41, 5.74) is 3.74. The summed E-state index contributed by atoms with van der Waals surface area (Å²) in [5.74, 6) is 0.656. The van der Waals surface area contributed by atoms with E-state index in [9.17, 15) is 4.79 Å². The molecule has 0 bridgehead atoms. The van der Waals surface area contributed by atoms with Crippen LogP contribution in [0.4, 0.5) is 11.4 Å². The quantitative estimate of drug-likeness (QED) is 0.780. The molecule has 26 heavy (non-hydrogen) atoms. The number of hydrogen-bond donors (Lipinski definition) is 2. The zero-order valence-electron chi connectivity index (χ0n) is 15.0.